The molecule has 7 heteroatoms. The topological polar surface area (TPSA) is 81.2 Å². The van der Waals surface area contributed by atoms with Gasteiger partial charge in [-0.3, -0.25) is 4.79 Å². The summed E-state index contributed by atoms with van der Waals surface area (Å²) in [6, 6.07) is 14.3. The lowest BCUT2D eigenvalue weighted by Crippen LogP contribution is -2.17. The van der Waals surface area contributed by atoms with Crippen molar-refractivity contribution >= 4 is 40.4 Å². The second-order valence-electron chi connectivity index (χ2n) is 5.48. The fourth-order valence-corrected chi connectivity index (χ4v) is 3.17. The van der Waals surface area contributed by atoms with Crippen LogP contribution >= 0.6 is 11.8 Å². The number of thioether (sulfide) groups is 1. The van der Waals surface area contributed by atoms with Crippen LogP contribution in [0.25, 0.3) is 11.0 Å². The Labute approximate surface area is 155 Å². The van der Waals surface area contributed by atoms with E-state index in [1.54, 1.807) is 24.3 Å². The molecule has 1 N–H and O–H groups in total. The van der Waals surface area contributed by atoms with Crippen molar-refractivity contribution in [2.75, 3.05) is 18.2 Å². The summed E-state index contributed by atoms with van der Waals surface area (Å²) in [5.74, 6) is -0.575. The zero-order valence-corrected chi connectivity index (χ0v) is 15.2. The fraction of sp³-hybridized carbons (Fsp3) is 0.158. The van der Waals surface area contributed by atoms with Gasteiger partial charge in [-0.2, -0.15) is 0 Å². The Morgan fingerprint density at radius 3 is 2.42 bits per heavy atom. The summed E-state index contributed by atoms with van der Waals surface area (Å²) in [6.07, 6.45) is 0. The number of ether oxygens (including phenoxy) is 1. The van der Waals surface area contributed by atoms with Gasteiger partial charge in [0.15, 0.2) is 0 Å². The molecular weight excluding hydrogens is 350 g/mol. The van der Waals surface area contributed by atoms with E-state index in [0.29, 0.717) is 16.3 Å². The highest BCUT2D eigenvalue weighted by molar-refractivity contribution is 8.00. The highest BCUT2D eigenvalue weighted by Crippen LogP contribution is 2.23. The van der Waals surface area contributed by atoms with Gasteiger partial charge in [-0.25, -0.2) is 14.8 Å². The molecule has 1 amide bonds. The molecule has 0 unspecified atom stereocenters. The summed E-state index contributed by atoms with van der Waals surface area (Å²) in [6.45, 7) is 1.87. The lowest BCUT2D eigenvalue weighted by Gasteiger charge is -2.10. The molecule has 26 heavy (non-hydrogen) atoms. The van der Waals surface area contributed by atoms with E-state index in [0.717, 1.165) is 16.7 Å². The first-order valence-corrected chi connectivity index (χ1v) is 8.90. The Morgan fingerprint density at radius 1 is 1.04 bits per heavy atom. The molecule has 3 aromatic rings. The molecule has 0 aliphatic carbocycles. The molecule has 0 fully saturated rings. The van der Waals surface area contributed by atoms with Crippen molar-refractivity contribution in [2.24, 2.45) is 0 Å². The molecule has 0 spiro atoms. The molecule has 2 aromatic carbocycles. The molecule has 0 aliphatic heterocycles. The lowest BCUT2D eigenvalue weighted by molar-refractivity contribution is -0.113. The van der Waals surface area contributed by atoms with Crippen LogP contribution in [0.3, 0.4) is 0 Å². The maximum atomic E-state index is 12.3. The maximum absolute atomic E-state index is 12.3. The third kappa shape index (κ3) is 4.00. The molecule has 0 saturated heterocycles. The van der Waals surface area contributed by atoms with Gasteiger partial charge in [0.1, 0.15) is 5.03 Å². The Balaban J connectivity index is 1.70. The number of carbonyl (C=O) groups excluding carboxylic acids is 2. The Hall–Kier alpha value is -2.93. The zero-order chi connectivity index (χ0) is 18.5. The van der Waals surface area contributed by atoms with Crippen LogP contribution in [-0.4, -0.2) is 34.7 Å². The predicted octanol–water partition coefficient (Wildman–Crippen LogP) is 3.46. The normalized spacial score (nSPS) is 10.5. The molecule has 0 bridgehead atoms. The lowest BCUT2D eigenvalue weighted by atomic mass is 10.2. The monoisotopic (exact) mass is 367 g/mol. The van der Waals surface area contributed by atoms with Gasteiger partial charge in [-0.15, -0.1) is 0 Å². The summed E-state index contributed by atoms with van der Waals surface area (Å²) in [7, 11) is 1.30. The fourth-order valence-electron chi connectivity index (χ4n) is 2.41. The van der Waals surface area contributed by atoms with Gasteiger partial charge >= 0.3 is 5.97 Å². The molecule has 1 aromatic heterocycles. The number of benzene rings is 2. The molecule has 0 atom stereocenters. The van der Waals surface area contributed by atoms with Gasteiger partial charge in [0, 0.05) is 0 Å². The van der Waals surface area contributed by atoms with E-state index in [1.165, 1.54) is 18.9 Å². The Kier molecular flexibility index (Phi) is 5.48. The quantitative estimate of drug-likeness (QED) is 0.549. The molecule has 3 rings (SSSR count). The van der Waals surface area contributed by atoms with E-state index in [1.807, 2.05) is 31.2 Å². The van der Waals surface area contributed by atoms with Gasteiger partial charge in [-0.1, -0.05) is 36.0 Å². The number of amides is 1. The third-order valence-electron chi connectivity index (χ3n) is 3.65. The number of carbonyl (C=O) groups is 2. The van der Waals surface area contributed by atoms with Crippen LogP contribution in [0, 0.1) is 6.92 Å². The number of aromatic nitrogens is 2. The Morgan fingerprint density at radius 2 is 1.69 bits per heavy atom. The summed E-state index contributed by atoms with van der Waals surface area (Å²) >= 11 is 1.31. The van der Waals surface area contributed by atoms with Crippen LogP contribution in [0.1, 0.15) is 16.1 Å². The van der Waals surface area contributed by atoms with Crippen molar-refractivity contribution in [1.29, 1.82) is 0 Å². The van der Waals surface area contributed by atoms with Crippen LogP contribution in [0.2, 0.25) is 0 Å². The van der Waals surface area contributed by atoms with Gasteiger partial charge in [0.2, 0.25) is 5.91 Å². The van der Waals surface area contributed by atoms with Gasteiger partial charge < -0.3 is 10.1 Å². The number of fused-ring (bicyclic) bond motifs is 1. The number of nitrogens with one attached hydrogen (secondary N) is 1. The molecule has 0 radical (unpaired) electrons. The van der Waals surface area contributed by atoms with E-state index < -0.39 is 5.97 Å². The SMILES string of the molecule is COC(=O)c1ccccc1NC(=O)CSc1nc2ccccc2nc1C. The van der Waals surface area contributed by atoms with E-state index in [2.05, 4.69) is 15.3 Å². The number of aryl methyl sites for hydroxylation is 1. The smallest absolute Gasteiger partial charge is 0.339 e. The summed E-state index contributed by atoms with van der Waals surface area (Å²) in [5.41, 5.74) is 3.13. The van der Waals surface area contributed by atoms with Gasteiger partial charge in [-0.05, 0) is 31.2 Å². The zero-order valence-electron chi connectivity index (χ0n) is 14.4. The number of para-hydroxylation sites is 3. The first-order chi connectivity index (χ1) is 12.6. The van der Waals surface area contributed by atoms with E-state index >= 15 is 0 Å². The molecule has 0 aliphatic rings. The minimum Gasteiger partial charge on any atom is -0.465 e. The summed E-state index contributed by atoms with van der Waals surface area (Å²) in [4.78, 5) is 33.1. The molecular formula is C19H17N3O3S. The predicted molar refractivity (Wildman–Crippen MR) is 101 cm³/mol. The Bertz CT molecular complexity index is 975. The first-order valence-electron chi connectivity index (χ1n) is 7.92. The van der Waals surface area contributed by atoms with Crippen LogP contribution in [0.15, 0.2) is 53.6 Å². The van der Waals surface area contributed by atoms with Crippen molar-refractivity contribution in [3.8, 4) is 0 Å². The second kappa shape index (κ2) is 7.97. The third-order valence-corrected chi connectivity index (χ3v) is 4.71. The van der Waals surface area contributed by atoms with E-state index in [-0.39, 0.29) is 11.7 Å². The molecule has 132 valence electrons. The number of hydrogen-bond donors (Lipinski definition) is 1. The van der Waals surface area contributed by atoms with E-state index in [4.69, 9.17) is 4.74 Å². The number of hydrogen-bond acceptors (Lipinski definition) is 6. The number of rotatable bonds is 5. The van der Waals surface area contributed by atoms with E-state index in [9.17, 15) is 9.59 Å². The van der Waals surface area contributed by atoms with Crippen molar-refractivity contribution < 1.29 is 14.3 Å². The largest absolute Gasteiger partial charge is 0.465 e. The molecule has 1 heterocycles. The average molecular weight is 367 g/mol. The van der Waals surface area contributed by atoms with Crippen molar-refractivity contribution in [1.82, 2.24) is 9.97 Å². The molecule has 6 nitrogen and oxygen atoms in total. The van der Waals surface area contributed by atoms with Crippen LogP contribution in [-0.2, 0) is 9.53 Å². The van der Waals surface area contributed by atoms with Crippen molar-refractivity contribution in [3.05, 3.63) is 59.8 Å². The first kappa shape index (κ1) is 17.9. The minimum absolute atomic E-state index is 0.156. The van der Waals surface area contributed by atoms with Crippen molar-refractivity contribution in [3.63, 3.8) is 0 Å². The van der Waals surface area contributed by atoms with Gasteiger partial charge in [0.25, 0.3) is 0 Å². The summed E-state index contributed by atoms with van der Waals surface area (Å²) in [5, 5.41) is 3.45. The number of anilines is 1. The number of esters is 1. The molecule has 0 saturated carbocycles. The average Bonchev–Trinajstić information content (AvgIpc) is 2.66. The number of methoxy groups -OCH3 is 1. The highest BCUT2D eigenvalue weighted by Gasteiger charge is 2.14. The maximum Gasteiger partial charge on any atom is 0.339 e. The minimum atomic E-state index is -0.496. The standard InChI is InChI=1S/C19H17N3O3S/c1-12-18(22-16-10-6-5-9-15(16)20-12)26-11-17(23)21-14-8-4-3-7-13(14)19(24)25-2/h3-10H,11H2,1-2H3,(H,21,23). The van der Waals surface area contributed by atoms with Crippen LogP contribution in [0.4, 0.5) is 5.69 Å². The van der Waals surface area contributed by atoms with Crippen molar-refractivity contribution in [2.45, 2.75) is 11.9 Å². The van der Waals surface area contributed by atoms with Crippen LogP contribution in [0.5, 0.6) is 0 Å². The van der Waals surface area contributed by atoms with Crippen LogP contribution < -0.4 is 5.32 Å². The summed E-state index contributed by atoms with van der Waals surface area (Å²) < 4.78 is 4.73. The van der Waals surface area contributed by atoms with Gasteiger partial charge in [0.05, 0.1) is 40.8 Å². The highest BCUT2D eigenvalue weighted by atomic mass is 32.2. The second-order valence-corrected chi connectivity index (χ2v) is 6.44. The number of nitrogens with zero attached hydrogens (tertiary/aromatic N) is 2.